The third-order valence-corrected chi connectivity index (χ3v) is 28.8. The molecule has 8 saturated heterocycles. The van der Waals surface area contributed by atoms with Gasteiger partial charge in [0.2, 0.25) is 23.6 Å². The predicted molar refractivity (Wildman–Crippen MR) is 514 cm³/mol. The summed E-state index contributed by atoms with van der Waals surface area (Å²) >= 11 is 0. The van der Waals surface area contributed by atoms with Crippen molar-refractivity contribution in [1.82, 2.24) is 21.3 Å². The molecular weight excluding hydrogens is 1970 g/mol. The minimum atomic E-state index is -3.35. The number of amides is 4. The second-order valence-corrected chi connectivity index (χ2v) is 40.5. The van der Waals surface area contributed by atoms with Crippen LogP contribution in [0.1, 0.15) is 266 Å². The third-order valence-electron chi connectivity index (χ3n) is 28.8. The van der Waals surface area contributed by atoms with Crippen LogP contribution in [0.4, 0.5) is 0 Å². The fourth-order valence-electron chi connectivity index (χ4n) is 20.2. The van der Waals surface area contributed by atoms with Crippen molar-refractivity contribution in [2.45, 2.75) is 529 Å². The number of rotatable bonds is 67. The monoisotopic (exact) mass is 2140 g/mol. The first-order valence-corrected chi connectivity index (χ1v) is 53.5. The van der Waals surface area contributed by atoms with Gasteiger partial charge in [0.1, 0.15) is 183 Å². The highest BCUT2D eigenvalue weighted by Gasteiger charge is 2.64. The molecule has 862 valence electrons. The Bertz CT molecular complexity index is 3740. The summed E-state index contributed by atoms with van der Waals surface area (Å²) in [5, 5.41) is 285. The van der Waals surface area contributed by atoms with E-state index >= 15 is 0 Å². The maximum Gasteiger partial charge on any atom is 0.364 e. The van der Waals surface area contributed by atoms with Crippen molar-refractivity contribution in [3.63, 3.8) is 0 Å². The van der Waals surface area contributed by atoms with E-state index in [1.165, 1.54) is 148 Å². The number of hydrogen-bond donors (Lipinski definition) is 28. The van der Waals surface area contributed by atoms with E-state index < -0.39 is 352 Å². The Morgan fingerprint density at radius 2 is 0.730 bits per heavy atom. The fraction of sp³-hybridized carbons (Fsp3) is 0.929. The molecule has 0 saturated carbocycles. The zero-order valence-electron chi connectivity index (χ0n) is 86.1. The van der Waals surface area contributed by atoms with Gasteiger partial charge in [-0.15, -0.1) is 0 Å². The first-order valence-electron chi connectivity index (χ1n) is 53.5. The molecule has 8 aliphatic rings. The number of carboxylic acid groups (broad SMARTS) is 1. The second-order valence-electron chi connectivity index (χ2n) is 40.5. The Hall–Kier alpha value is -4.47. The Balaban J connectivity index is 1.03. The smallest absolute Gasteiger partial charge is 0.364 e. The van der Waals surface area contributed by atoms with Gasteiger partial charge < -0.3 is 220 Å². The molecule has 0 aliphatic carbocycles. The molecule has 28 N–H and O–H groups in total. The summed E-state index contributed by atoms with van der Waals surface area (Å²) in [7, 11) is 0. The minimum Gasteiger partial charge on any atom is -0.477 e. The molecule has 0 aromatic rings. The van der Waals surface area contributed by atoms with Crippen LogP contribution in [0.25, 0.3) is 0 Å². The number of carbonyl (C=O) groups is 5. The highest BCUT2D eigenvalue weighted by Crippen LogP contribution is 2.43. The topological polar surface area (TPSA) is 767 Å². The SMILES string of the molecule is CCCCCCCCCCCCC/C=C/[C@@H](O)[C@H](CO[C@@H]1OC(CO)[C@@H](O[C@@H]2OC(CO)[C@H](O[C@@H]3OC(CO)[C@H](O)[C@H](O)C3NC(C)=O)[C@H](O[C@H]3OC(CO)[C@H](O)[C@H](O[C@@H]4OC(CO)[C@@H](O[C@@H]5OC(CO)[C@H](O)[C@H](O[C@]6(C(=O)O)CC(O)[C@@H](NC(C)=O)C([C@H](O)[C@H](O)CO)O6)C5O)[C@H](O[C@H]5OC(C)[C@@H](O)C(O)[C@@H]5O)C4NC(C)=O)C3O)C2O)[C@H](O)C1O)NC(=O)CCCCCCCCCCCCCCCCCCCCCCC. The number of ether oxygens (including phenoxy) is 16. The summed E-state index contributed by atoms with van der Waals surface area (Å²) in [5.41, 5.74) is 0. The van der Waals surface area contributed by atoms with Crippen LogP contribution in [0.3, 0.4) is 0 Å². The van der Waals surface area contributed by atoms with Crippen molar-refractivity contribution in [3.05, 3.63) is 12.2 Å². The standard InChI is InChI=1S/C99H176N4O45/c1-7-9-11-13-15-17-19-21-22-23-24-25-26-27-28-30-32-34-36-38-40-42-66(117)103-56(57(114)41-39-37-35-33-31-29-20-18-16-14-12-10-8-2)51-133-93-79(127)77(125)83(63(48-108)139-93)141-97-82(130)90(85(65(50-110)140-97)142-91-68(101-54(5)112)75(123)72(120)60(45-105)135-91)146-95-80(128)88(73(121)61(46-106)136-95)145-92-69(102-55(6)113)87(144-94-78(126)76(124)70(118)52(3)134-94)84(64(49-109)138-92)143-96-81(129)89(74(122)62(47-107)137-96)148-99(98(131)132)43-58(115)67(100-53(4)111)86(147-99)71(119)59(116)44-104/h39,41,52,56-65,67-97,104-110,114-116,118-130H,7-38,40,42-51H2,1-6H3,(H,100,111)(H,101,112)(H,102,113)(H,103,117)(H,131,132)/b41-39+/t52?,56-,57+,58?,59+,60?,61?,62?,63?,64?,65?,67+,68?,69?,70+,71+,72-,73-,74-,75+,76?,77+,78-,79?,80?,81?,82?,83+,84+,85-,86?,87+,88-,89-,90+,91-,92-,93+,94+,95+,96-,97-,99-/m0/s1. The molecule has 49 heteroatoms. The van der Waals surface area contributed by atoms with Gasteiger partial charge in [-0.05, 0) is 26.2 Å². The highest BCUT2D eigenvalue weighted by molar-refractivity contribution is 5.77. The van der Waals surface area contributed by atoms with Crippen LogP contribution in [-0.2, 0) is 99.8 Å². The van der Waals surface area contributed by atoms with Gasteiger partial charge in [-0.3, -0.25) is 19.2 Å². The van der Waals surface area contributed by atoms with Crippen LogP contribution >= 0.6 is 0 Å². The molecule has 0 spiro atoms. The molecule has 0 radical (unpaired) electrons. The lowest BCUT2D eigenvalue weighted by Gasteiger charge is -2.53. The Morgan fingerprint density at radius 1 is 0.365 bits per heavy atom. The molecule has 8 heterocycles. The first-order chi connectivity index (χ1) is 70.8. The van der Waals surface area contributed by atoms with Crippen molar-refractivity contribution in [1.29, 1.82) is 0 Å². The number of hydrogen-bond acceptors (Lipinski definition) is 44. The normalized spacial score (nSPS) is 37.7. The fourth-order valence-corrected chi connectivity index (χ4v) is 20.2. The quantitative estimate of drug-likeness (QED) is 0.0203. The van der Waals surface area contributed by atoms with Crippen LogP contribution in [0.15, 0.2) is 12.2 Å². The van der Waals surface area contributed by atoms with E-state index in [0.29, 0.717) is 12.8 Å². The van der Waals surface area contributed by atoms with Crippen LogP contribution in [-0.4, -0.2) is 468 Å². The largest absolute Gasteiger partial charge is 0.477 e. The van der Waals surface area contributed by atoms with Crippen LogP contribution in [0.2, 0.25) is 0 Å². The van der Waals surface area contributed by atoms with E-state index in [2.05, 4.69) is 35.1 Å². The molecular formula is C99H176N4O45. The van der Waals surface area contributed by atoms with Crippen LogP contribution < -0.4 is 21.3 Å². The average Bonchev–Trinajstić information content (AvgIpc) is 0.750. The van der Waals surface area contributed by atoms with Gasteiger partial charge in [-0.25, -0.2) is 4.79 Å². The first kappa shape index (κ1) is 129. The van der Waals surface area contributed by atoms with E-state index in [4.69, 9.17) is 75.8 Å². The lowest BCUT2D eigenvalue weighted by molar-refractivity contribution is -0.406. The number of aliphatic carboxylic acids is 1. The molecule has 8 aliphatic heterocycles. The van der Waals surface area contributed by atoms with Gasteiger partial charge in [0, 0.05) is 33.6 Å². The Labute approximate surface area is 864 Å². The molecule has 4 amide bonds. The van der Waals surface area contributed by atoms with Crippen molar-refractivity contribution in [2.24, 2.45) is 0 Å². The van der Waals surface area contributed by atoms with E-state index in [1.807, 2.05) is 0 Å². The second kappa shape index (κ2) is 66.3. The minimum absolute atomic E-state index is 0.103. The zero-order chi connectivity index (χ0) is 109. The summed E-state index contributed by atoms with van der Waals surface area (Å²) in [6.07, 6.45) is -41.9. The van der Waals surface area contributed by atoms with E-state index in [9.17, 15) is 147 Å². The molecule has 16 unspecified atom stereocenters. The number of carbonyl (C=O) groups excluding carboxylic acids is 4. The summed E-state index contributed by atoms with van der Waals surface area (Å²) in [4.78, 5) is 66.4. The van der Waals surface area contributed by atoms with E-state index in [-0.39, 0.29) is 6.42 Å². The third kappa shape index (κ3) is 37.4. The maximum atomic E-state index is 13.8. The molecule has 0 aromatic carbocycles. The van der Waals surface area contributed by atoms with Gasteiger partial charge in [0.15, 0.2) is 44.0 Å². The number of unbranched alkanes of at least 4 members (excludes halogenated alkanes) is 31. The van der Waals surface area contributed by atoms with Crippen LogP contribution in [0, 0.1) is 0 Å². The molecule has 0 aromatic heterocycles. The van der Waals surface area contributed by atoms with Gasteiger partial charge in [-0.2, -0.15) is 0 Å². The van der Waals surface area contributed by atoms with Gasteiger partial charge in [-0.1, -0.05) is 219 Å². The van der Waals surface area contributed by atoms with Gasteiger partial charge >= 0.3 is 5.97 Å². The van der Waals surface area contributed by atoms with Gasteiger partial charge in [0.25, 0.3) is 5.79 Å². The Kier molecular flexibility index (Phi) is 57.6. The van der Waals surface area contributed by atoms with Crippen molar-refractivity contribution in [2.75, 3.05) is 52.9 Å². The number of nitrogens with one attached hydrogen (secondary N) is 4. The average molecular weight is 2140 g/mol. The zero-order valence-corrected chi connectivity index (χ0v) is 86.1. The summed E-state index contributed by atoms with van der Waals surface area (Å²) in [5.74, 6) is -8.75. The van der Waals surface area contributed by atoms with E-state index in [1.54, 1.807) is 6.08 Å². The number of aliphatic hydroxyl groups is 23. The number of carboxylic acids is 1. The van der Waals surface area contributed by atoms with Crippen molar-refractivity contribution < 1.29 is 222 Å². The predicted octanol–water partition coefficient (Wildman–Crippen LogP) is -4.06. The molecule has 49 nitrogen and oxygen atoms in total. The molecule has 148 heavy (non-hydrogen) atoms. The molecule has 8 rings (SSSR count). The highest BCUT2D eigenvalue weighted by atomic mass is 16.8. The lowest BCUT2D eigenvalue weighted by Crippen LogP contribution is -2.72. The summed E-state index contributed by atoms with van der Waals surface area (Å²) in [6, 6.07) is -6.92. The van der Waals surface area contributed by atoms with Crippen LogP contribution in [0.5, 0.6) is 0 Å². The summed E-state index contributed by atoms with van der Waals surface area (Å²) in [6.45, 7) is -0.475. The summed E-state index contributed by atoms with van der Waals surface area (Å²) < 4.78 is 98.0. The molecule has 8 fully saturated rings. The number of allylic oxidation sites excluding steroid dienone is 1. The molecule has 0 bridgehead atoms. The number of aliphatic hydroxyl groups excluding tert-OH is 23. The molecule has 43 atom stereocenters. The van der Waals surface area contributed by atoms with Crippen molar-refractivity contribution >= 4 is 29.6 Å². The Morgan fingerprint density at radius 3 is 1.22 bits per heavy atom. The van der Waals surface area contributed by atoms with E-state index in [0.717, 1.165) is 85.0 Å². The van der Waals surface area contributed by atoms with Crippen molar-refractivity contribution in [3.8, 4) is 0 Å². The maximum absolute atomic E-state index is 13.8. The lowest BCUT2D eigenvalue weighted by atomic mass is 9.88. The van der Waals surface area contributed by atoms with Gasteiger partial charge in [0.05, 0.1) is 83.3 Å².